The van der Waals surface area contributed by atoms with Crippen LogP contribution >= 0.6 is 0 Å². The van der Waals surface area contributed by atoms with E-state index in [9.17, 15) is 0 Å². The van der Waals surface area contributed by atoms with Gasteiger partial charge < -0.3 is 4.74 Å². The van der Waals surface area contributed by atoms with Crippen molar-refractivity contribution >= 4 is 11.0 Å². The molecule has 0 atom stereocenters. The molecule has 102 valence electrons. The summed E-state index contributed by atoms with van der Waals surface area (Å²) in [5.41, 5.74) is 1.80. The minimum atomic E-state index is 0.632. The highest BCUT2D eigenvalue weighted by Gasteiger charge is 1.99. The standard InChI is InChI=1S/C16H22N2O/c1-2-3-4-5-6-9-12-19-16-13-17-14-10-7-8-11-15(14)18-16/h7-8,10-11,13H,2-6,9,12H2,1H3. The van der Waals surface area contributed by atoms with Crippen LogP contribution in [0.1, 0.15) is 45.4 Å². The summed E-state index contributed by atoms with van der Waals surface area (Å²) >= 11 is 0. The fraction of sp³-hybridized carbons (Fsp3) is 0.500. The maximum Gasteiger partial charge on any atom is 0.232 e. The van der Waals surface area contributed by atoms with E-state index in [0.29, 0.717) is 5.88 Å². The number of hydrogen-bond acceptors (Lipinski definition) is 3. The van der Waals surface area contributed by atoms with Crippen LogP contribution in [0.25, 0.3) is 11.0 Å². The van der Waals surface area contributed by atoms with Crippen LogP contribution in [0, 0.1) is 0 Å². The Balaban J connectivity index is 1.72. The van der Waals surface area contributed by atoms with Gasteiger partial charge in [0, 0.05) is 0 Å². The first kappa shape index (κ1) is 13.8. The number of ether oxygens (including phenoxy) is 1. The Labute approximate surface area is 115 Å². The summed E-state index contributed by atoms with van der Waals surface area (Å²) in [5.74, 6) is 0.632. The molecule has 0 N–H and O–H groups in total. The first-order chi connectivity index (χ1) is 9.40. The van der Waals surface area contributed by atoms with Crippen molar-refractivity contribution in [2.75, 3.05) is 6.61 Å². The SMILES string of the molecule is CCCCCCCCOc1cnc2ccccc2n1. The van der Waals surface area contributed by atoms with Gasteiger partial charge in [0.2, 0.25) is 5.88 Å². The Kier molecular flexibility index (Phi) is 5.60. The van der Waals surface area contributed by atoms with E-state index in [4.69, 9.17) is 4.74 Å². The molecular formula is C16H22N2O. The molecule has 2 rings (SSSR count). The molecule has 1 aromatic heterocycles. The summed E-state index contributed by atoms with van der Waals surface area (Å²) in [5, 5.41) is 0. The lowest BCUT2D eigenvalue weighted by Crippen LogP contribution is -2.00. The van der Waals surface area contributed by atoms with Crippen molar-refractivity contribution < 1.29 is 4.74 Å². The molecule has 0 saturated heterocycles. The Hall–Kier alpha value is -1.64. The average Bonchev–Trinajstić information content (AvgIpc) is 2.46. The predicted octanol–water partition coefficient (Wildman–Crippen LogP) is 4.37. The third kappa shape index (κ3) is 4.51. The van der Waals surface area contributed by atoms with Crippen molar-refractivity contribution in [1.29, 1.82) is 0 Å². The maximum atomic E-state index is 5.65. The molecule has 1 heterocycles. The van der Waals surface area contributed by atoms with Gasteiger partial charge in [-0.3, -0.25) is 0 Å². The van der Waals surface area contributed by atoms with Crippen molar-refractivity contribution in [1.82, 2.24) is 9.97 Å². The number of unbranched alkanes of at least 4 members (excludes halogenated alkanes) is 5. The van der Waals surface area contributed by atoms with Crippen molar-refractivity contribution in [3.63, 3.8) is 0 Å². The number of benzene rings is 1. The van der Waals surface area contributed by atoms with E-state index in [2.05, 4.69) is 16.9 Å². The molecule has 1 aromatic carbocycles. The van der Waals surface area contributed by atoms with Gasteiger partial charge in [-0.25, -0.2) is 9.97 Å². The van der Waals surface area contributed by atoms with Crippen molar-refractivity contribution in [3.8, 4) is 5.88 Å². The molecule has 0 spiro atoms. The highest BCUT2D eigenvalue weighted by Crippen LogP contribution is 2.13. The lowest BCUT2D eigenvalue weighted by molar-refractivity contribution is 0.293. The van der Waals surface area contributed by atoms with E-state index in [1.165, 1.54) is 32.1 Å². The van der Waals surface area contributed by atoms with Crippen LogP contribution in [0.4, 0.5) is 0 Å². The predicted molar refractivity (Wildman–Crippen MR) is 78.4 cm³/mol. The van der Waals surface area contributed by atoms with Gasteiger partial charge in [-0.2, -0.15) is 0 Å². The Morgan fingerprint density at radius 1 is 0.947 bits per heavy atom. The van der Waals surface area contributed by atoms with E-state index in [1.807, 2.05) is 24.3 Å². The summed E-state index contributed by atoms with van der Waals surface area (Å²) in [7, 11) is 0. The monoisotopic (exact) mass is 258 g/mol. The van der Waals surface area contributed by atoms with Crippen LogP contribution in [0.15, 0.2) is 30.5 Å². The molecule has 0 bridgehead atoms. The van der Waals surface area contributed by atoms with Crippen LogP contribution in [-0.2, 0) is 0 Å². The van der Waals surface area contributed by atoms with Gasteiger partial charge in [0.15, 0.2) is 0 Å². The van der Waals surface area contributed by atoms with Gasteiger partial charge in [-0.15, -0.1) is 0 Å². The fourth-order valence-electron chi connectivity index (χ4n) is 2.07. The number of fused-ring (bicyclic) bond motifs is 1. The second-order valence-electron chi connectivity index (χ2n) is 4.81. The maximum absolute atomic E-state index is 5.65. The van der Waals surface area contributed by atoms with Gasteiger partial charge in [-0.1, -0.05) is 51.2 Å². The van der Waals surface area contributed by atoms with Gasteiger partial charge in [0.1, 0.15) is 0 Å². The van der Waals surface area contributed by atoms with Crippen LogP contribution in [-0.4, -0.2) is 16.6 Å². The van der Waals surface area contributed by atoms with Crippen LogP contribution < -0.4 is 4.74 Å². The van der Waals surface area contributed by atoms with E-state index >= 15 is 0 Å². The number of aromatic nitrogens is 2. The molecule has 0 fully saturated rings. The average molecular weight is 258 g/mol. The van der Waals surface area contributed by atoms with E-state index in [0.717, 1.165) is 24.1 Å². The zero-order valence-corrected chi connectivity index (χ0v) is 11.6. The minimum absolute atomic E-state index is 0.632. The zero-order valence-electron chi connectivity index (χ0n) is 11.6. The molecule has 0 saturated carbocycles. The summed E-state index contributed by atoms with van der Waals surface area (Å²) in [6, 6.07) is 7.85. The van der Waals surface area contributed by atoms with Gasteiger partial charge >= 0.3 is 0 Å². The lowest BCUT2D eigenvalue weighted by atomic mass is 10.1. The Bertz CT molecular complexity index is 499. The molecule has 0 aliphatic carbocycles. The van der Waals surface area contributed by atoms with Gasteiger partial charge in [0.25, 0.3) is 0 Å². The van der Waals surface area contributed by atoms with Crippen molar-refractivity contribution in [2.24, 2.45) is 0 Å². The number of rotatable bonds is 8. The van der Waals surface area contributed by atoms with Crippen molar-refractivity contribution in [3.05, 3.63) is 30.5 Å². The fourth-order valence-corrected chi connectivity index (χ4v) is 2.07. The van der Waals surface area contributed by atoms with Gasteiger partial charge in [0.05, 0.1) is 23.8 Å². The first-order valence-electron chi connectivity index (χ1n) is 7.24. The topological polar surface area (TPSA) is 35.0 Å². The number of nitrogens with zero attached hydrogens (tertiary/aromatic N) is 2. The molecule has 3 heteroatoms. The summed E-state index contributed by atoms with van der Waals surface area (Å²) in [6.45, 7) is 2.97. The van der Waals surface area contributed by atoms with E-state index in [1.54, 1.807) is 6.20 Å². The van der Waals surface area contributed by atoms with E-state index in [-0.39, 0.29) is 0 Å². The third-order valence-corrected chi connectivity index (χ3v) is 3.17. The summed E-state index contributed by atoms with van der Waals surface area (Å²) < 4.78 is 5.65. The highest BCUT2D eigenvalue weighted by molar-refractivity contribution is 5.73. The third-order valence-electron chi connectivity index (χ3n) is 3.17. The second-order valence-corrected chi connectivity index (χ2v) is 4.81. The largest absolute Gasteiger partial charge is 0.477 e. The molecule has 0 aliphatic heterocycles. The van der Waals surface area contributed by atoms with Crippen LogP contribution in [0.3, 0.4) is 0 Å². The second kappa shape index (κ2) is 7.72. The molecule has 0 unspecified atom stereocenters. The molecule has 3 nitrogen and oxygen atoms in total. The minimum Gasteiger partial charge on any atom is -0.477 e. The normalized spacial score (nSPS) is 10.8. The summed E-state index contributed by atoms with van der Waals surface area (Å²) in [4.78, 5) is 8.77. The molecule has 0 aliphatic rings. The Morgan fingerprint density at radius 2 is 1.68 bits per heavy atom. The lowest BCUT2D eigenvalue weighted by Gasteiger charge is -2.05. The van der Waals surface area contributed by atoms with Crippen LogP contribution in [0.2, 0.25) is 0 Å². The Morgan fingerprint density at radius 3 is 2.53 bits per heavy atom. The zero-order chi connectivity index (χ0) is 13.3. The molecular weight excluding hydrogens is 236 g/mol. The van der Waals surface area contributed by atoms with Crippen LogP contribution in [0.5, 0.6) is 5.88 Å². The quantitative estimate of drug-likeness (QED) is 0.659. The van der Waals surface area contributed by atoms with Gasteiger partial charge in [-0.05, 0) is 18.6 Å². The first-order valence-corrected chi connectivity index (χ1v) is 7.24. The molecule has 2 aromatic rings. The number of hydrogen-bond donors (Lipinski definition) is 0. The molecule has 19 heavy (non-hydrogen) atoms. The van der Waals surface area contributed by atoms with E-state index < -0.39 is 0 Å². The molecule has 0 radical (unpaired) electrons. The van der Waals surface area contributed by atoms with Crippen molar-refractivity contribution in [2.45, 2.75) is 45.4 Å². The smallest absolute Gasteiger partial charge is 0.232 e. The summed E-state index contributed by atoms with van der Waals surface area (Å²) in [6.07, 6.45) is 9.33. The highest BCUT2D eigenvalue weighted by atomic mass is 16.5. The number of para-hydroxylation sites is 2. The molecule has 0 amide bonds.